The second-order valence-electron chi connectivity index (χ2n) is 17.0. The van der Waals surface area contributed by atoms with Crippen LogP contribution in [0.25, 0.3) is 0 Å². The van der Waals surface area contributed by atoms with Crippen LogP contribution < -0.4 is 0 Å². The average Bonchev–Trinajstić information content (AvgIpc) is 3.47. The van der Waals surface area contributed by atoms with Crippen molar-refractivity contribution in [2.45, 2.75) is 109 Å². The zero-order valence-corrected chi connectivity index (χ0v) is 35.1. The van der Waals surface area contributed by atoms with Crippen molar-refractivity contribution in [3.05, 3.63) is 119 Å². The van der Waals surface area contributed by atoms with Crippen LogP contribution in [-0.2, 0) is 47.5 Å². The first kappa shape index (κ1) is 43.2. The molecule has 1 N–H and O–H groups in total. The highest BCUT2D eigenvalue weighted by molar-refractivity contribution is 5.91. The van der Waals surface area contributed by atoms with Crippen molar-refractivity contribution < 1.29 is 67.0 Å². The summed E-state index contributed by atoms with van der Waals surface area (Å²) in [7, 11) is 0. The summed E-state index contributed by atoms with van der Waals surface area (Å²) in [6, 6.07) is 24.2. The Morgan fingerprint density at radius 3 is 1.57 bits per heavy atom. The first-order valence-corrected chi connectivity index (χ1v) is 20.2. The average molecular weight is 839 g/mol. The third-order valence-corrected chi connectivity index (χ3v) is 13.0. The fourth-order valence-electron chi connectivity index (χ4n) is 10.4. The van der Waals surface area contributed by atoms with E-state index in [4.69, 9.17) is 33.2 Å². The monoisotopic (exact) mass is 838 g/mol. The Morgan fingerprint density at radius 1 is 0.672 bits per heavy atom. The topological polar surface area (TPSA) is 187 Å². The Morgan fingerprint density at radius 2 is 1.15 bits per heavy atom. The van der Waals surface area contributed by atoms with Crippen molar-refractivity contribution in [3.63, 3.8) is 0 Å². The molecule has 1 heterocycles. The molecule has 3 aromatic carbocycles. The molecule has 3 aliphatic carbocycles. The van der Waals surface area contributed by atoms with Gasteiger partial charge in [0.15, 0.2) is 17.8 Å². The molecule has 2 saturated carbocycles. The first-order valence-electron chi connectivity index (χ1n) is 20.2. The summed E-state index contributed by atoms with van der Waals surface area (Å²) in [5.74, 6) is -6.04. The van der Waals surface area contributed by atoms with E-state index in [1.165, 1.54) is 58.9 Å². The molecule has 10 atom stereocenters. The first-order chi connectivity index (χ1) is 28.8. The lowest BCUT2D eigenvalue weighted by molar-refractivity contribution is -0.351. The van der Waals surface area contributed by atoms with Crippen LogP contribution in [0, 0.1) is 16.7 Å². The number of ether oxygens (including phenoxy) is 7. The second kappa shape index (κ2) is 16.2. The largest absolute Gasteiger partial charge is 0.462 e. The number of rotatable bonds is 10. The van der Waals surface area contributed by atoms with Gasteiger partial charge in [-0.1, -0.05) is 61.5 Å². The highest BCUT2D eigenvalue weighted by Crippen LogP contribution is 2.69. The van der Waals surface area contributed by atoms with E-state index in [0.29, 0.717) is 5.57 Å². The predicted molar refractivity (Wildman–Crippen MR) is 215 cm³/mol. The van der Waals surface area contributed by atoms with Gasteiger partial charge in [-0.05, 0) is 68.3 Å². The number of hydrogen-bond donors (Lipinski definition) is 1. The van der Waals surface area contributed by atoms with E-state index in [2.05, 4.69) is 0 Å². The maximum absolute atomic E-state index is 14.7. The molecule has 14 heteroatoms. The van der Waals surface area contributed by atoms with Gasteiger partial charge >= 0.3 is 35.8 Å². The molecule has 1 saturated heterocycles. The SMILES string of the molecule is CC(=O)O[C@H]1C[C@]2(C(C)(C)O)C(=C1C)[C@@H](OC(=O)c1ccccc1)[C@H](OC(=O)c1ccccc1)[C@@]1(C)[C@H](OC(C)=O)C[C@@H]3OC[C@@]3(OC(C)=O)[C@@H]1[C@H]2OC(=O)c1ccccc1. The smallest absolute Gasteiger partial charge is 0.338 e. The minimum atomic E-state index is -1.97. The van der Waals surface area contributed by atoms with Crippen LogP contribution in [-0.4, -0.2) is 95.4 Å². The number of carbonyl (C=O) groups is 6. The summed E-state index contributed by atoms with van der Waals surface area (Å²) in [6.07, 6.45) is -8.57. The third-order valence-electron chi connectivity index (χ3n) is 13.0. The minimum Gasteiger partial charge on any atom is -0.462 e. The number of benzene rings is 3. The number of fused-ring (bicyclic) bond motifs is 4. The number of aliphatic hydroxyl groups is 1. The van der Waals surface area contributed by atoms with Crippen LogP contribution in [0.3, 0.4) is 0 Å². The van der Waals surface area contributed by atoms with Gasteiger partial charge in [-0.15, -0.1) is 0 Å². The van der Waals surface area contributed by atoms with Crippen molar-refractivity contribution in [3.8, 4) is 0 Å². The fraction of sp³-hybridized carbons (Fsp3) is 0.447. The Kier molecular flexibility index (Phi) is 11.5. The van der Waals surface area contributed by atoms with Crippen molar-refractivity contribution in [2.75, 3.05) is 6.61 Å². The summed E-state index contributed by atoms with van der Waals surface area (Å²) in [6.45, 7) is 9.67. The van der Waals surface area contributed by atoms with Crippen molar-refractivity contribution in [1.29, 1.82) is 0 Å². The Hall–Kier alpha value is -5.86. The van der Waals surface area contributed by atoms with Gasteiger partial charge < -0.3 is 38.3 Å². The summed E-state index contributed by atoms with van der Waals surface area (Å²) >= 11 is 0. The van der Waals surface area contributed by atoms with Gasteiger partial charge in [0.1, 0.15) is 24.4 Å². The van der Waals surface area contributed by atoms with Gasteiger partial charge in [-0.25, -0.2) is 14.4 Å². The van der Waals surface area contributed by atoms with E-state index in [1.54, 1.807) is 80.6 Å². The molecule has 0 spiro atoms. The van der Waals surface area contributed by atoms with Gasteiger partial charge in [0.25, 0.3) is 0 Å². The van der Waals surface area contributed by atoms with Crippen LogP contribution in [0.15, 0.2) is 102 Å². The predicted octanol–water partition coefficient (Wildman–Crippen LogP) is 5.74. The zero-order valence-electron chi connectivity index (χ0n) is 35.1. The molecular weight excluding hydrogens is 789 g/mol. The highest BCUT2D eigenvalue weighted by Gasteiger charge is 2.81. The molecule has 322 valence electrons. The quantitative estimate of drug-likeness (QED) is 0.148. The number of carbonyl (C=O) groups excluding carboxylic acids is 6. The molecular formula is C47H50O14. The molecule has 3 fully saturated rings. The molecule has 0 amide bonds. The molecule has 14 nitrogen and oxygen atoms in total. The summed E-state index contributed by atoms with van der Waals surface area (Å²) in [5, 5.41) is 13.0. The number of hydrogen-bond acceptors (Lipinski definition) is 14. The van der Waals surface area contributed by atoms with Gasteiger partial charge in [-0.3, -0.25) is 14.4 Å². The van der Waals surface area contributed by atoms with Crippen LogP contribution in [0.5, 0.6) is 0 Å². The van der Waals surface area contributed by atoms with Crippen LogP contribution in [0.1, 0.15) is 92.4 Å². The molecule has 7 rings (SSSR count). The Labute approximate surface area is 353 Å². The second-order valence-corrected chi connectivity index (χ2v) is 17.0. The Bertz CT molecular complexity index is 2230. The van der Waals surface area contributed by atoms with Crippen molar-refractivity contribution in [2.24, 2.45) is 16.7 Å². The van der Waals surface area contributed by atoms with Crippen molar-refractivity contribution >= 4 is 35.8 Å². The maximum Gasteiger partial charge on any atom is 0.338 e. The third kappa shape index (κ3) is 7.39. The molecule has 0 radical (unpaired) electrons. The van der Waals surface area contributed by atoms with Gasteiger partial charge in [0.05, 0.1) is 45.6 Å². The van der Waals surface area contributed by atoms with E-state index >= 15 is 0 Å². The molecule has 3 aromatic rings. The van der Waals surface area contributed by atoms with Gasteiger partial charge in [0.2, 0.25) is 0 Å². The maximum atomic E-state index is 14.7. The fourth-order valence-corrected chi connectivity index (χ4v) is 10.4. The standard InChI is InChI=1S/C47H50O14/c1-26-33(56-27(2)48)24-46(44(5,6)54)36(26)37(58-41(51)30-17-11-8-12-18-30)39(59-42(52)31-19-13-9-14-20-31)45(7)34(57-28(3)49)23-35-47(25-55-35,61-29(4)50)38(45)40(46)60-43(53)32-21-15-10-16-22-32/h8-22,33-35,37-40,54H,23-25H2,1-7H3/t33-,34+,35-,37+,38+,39-,40+,45-,46-,47-/m0/s1. The van der Waals surface area contributed by atoms with E-state index in [0.717, 1.165) is 0 Å². The molecule has 0 aromatic heterocycles. The van der Waals surface area contributed by atoms with E-state index in [1.807, 2.05) is 0 Å². The Balaban J connectivity index is 1.62. The minimum absolute atomic E-state index is 0.0957. The molecule has 0 bridgehead atoms. The zero-order chi connectivity index (χ0) is 44.1. The van der Waals surface area contributed by atoms with E-state index in [9.17, 15) is 33.9 Å². The number of esters is 6. The van der Waals surface area contributed by atoms with E-state index < -0.39 is 100 Å². The summed E-state index contributed by atoms with van der Waals surface area (Å²) in [4.78, 5) is 83.3. The summed E-state index contributed by atoms with van der Waals surface area (Å²) < 4.78 is 44.7. The van der Waals surface area contributed by atoms with Crippen LogP contribution >= 0.6 is 0 Å². The van der Waals surface area contributed by atoms with Gasteiger partial charge in [-0.2, -0.15) is 0 Å². The molecule has 1 aliphatic heterocycles. The lowest BCUT2D eigenvalue weighted by Crippen LogP contribution is -2.79. The van der Waals surface area contributed by atoms with E-state index in [-0.39, 0.29) is 41.7 Å². The molecule has 0 unspecified atom stereocenters. The molecule has 61 heavy (non-hydrogen) atoms. The normalized spacial score (nSPS) is 31.4. The van der Waals surface area contributed by atoms with Gasteiger partial charge in [0, 0.05) is 33.6 Å². The lowest BCUT2D eigenvalue weighted by atomic mass is 9.49. The lowest BCUT2D eigenvalue weighted by Gasteiger charge is -2.65. The van der Waals surface area contributed by atoms with Crippen LogP contribution in [0.4, 0.5) is 0 Å². The highest BCUT2D eigenvalue weighted by atomic mass is 16.6. The molecule has 4 aliphatic rings. The summed E-state index contributed by atoms with van der Waals surface area (Å²) in [5.41, 5.74) is -6.53. The van der Waals surface area contributed by atoms with Crippen molar-refractivity contribution in [1.82, 2.24) is 0 Å². The van der Waals surface area contributed by atoms with Crippen LogP contribution in [0.2, 0.25) is 0 Å².